The molecule has 24 heavy (non-hydrogen) atoms. The van der Waals surface area contributed by atoms with Gasteiger partial charge in [-0.2, -0.15) is 4.52 Å². The number of nitrogens with zero attached hydrogens (tertiary/aromatic N) is 5. The third-order valence-corrected chi connectivity index (χ3v) is 4.44. The fourth-order valence-corrected chi connectivity index (χ4v) is 3.18. The average Bonchev–Trinajstić information content (AvgIpc) is 3.29. The van der Waals surface area contributed by atoms with Crippen LogP contribution in [0.4, 0.5) is 5.69 Å². The summed E-state index contributed by atoms with van der Waals surface area (Å²) in [5, 5.41) is 24.2. The molecule has 4 rings (SSSR count). The number of aromatic nitrogens is 4. The van der Waals surface area contributed by atoms with Crippen LogP contribution in [-0.2, 0) is 6.42 Å². The number of benzene rings is 1. The second-order valence-corrected chi connectivity index (χ2v) is 6.00. The van der Waals surface area contributed by atoms with Gasteiger partial charge >= 0.3 is 0 Å². The highest BCUT2D eigenvalue weighted by molar-refractivity contribution is 7.19. The van der Waals surface area contributed by atoms with E-state index in [0.29, 0.717) is 27.1 Å². The second-order valence-electron chi connectivity index (χ2n) is 5.04. The molecule has 8 nitrogen and oxygen atoms in total. The molecule has 0 saturated carbocycles. The number of furan rings is 1. The van der Waals surface area contributed by atoms with Crippen LogP contribution in [0.5, 0.6) is 0 Å². The summed E-state index contributed by atoms with van der Waals surface area (Å²) in [6, 6.07) is 9.90. The molecule has 4 aromatic rings. The molecule has 0 saturated heterocycles. The van der Waals surface area contributed by atoms with Gasteiger partial charge in [0.1, 0.15) is 5.76 Å². The van der Waals surface area contributed by atoms with E-state index in [4.69, 9.17) is 4.42 Å². The zero-order valence-electron chi connectivity index (χ0n) is 12.5. The summed E-state index contributed by atoms with van der Waals surface area (Å²) >= 11 is 1.38. The third kappa shape index (κ3) is 2.35. The molecule has 0 spiro atoms. The van der Waals surface area contributed by atoms with Gasteiger partial charge in [0.25, 0.3) is 5.69 Å². The Morgan fingerprint density at radius 1 is 1.25 bits per heavy atom. The largest absolute Gasteiger partial charge is 0.453 e. The van der Waals surface area contributed by atoms with Crippen molar-refractivity contribution in [2.75, 3.05) is 0 Å². The molecule has 0 fully saturated rings. The van der Waals surface area contributed by atoms with Crippen molar-refractivity contribution in [2.45, 2.75) is 13.3 Å². The first kappa shape index (κ1) is 14.5. The number of fused-ring (bicyclic) bond motifs is 1. The summed E-state index contributed by atoms with van der Waals surface area (Å²) < 4.78 is 7.53. The fourth-order valence-electron chi connectivity index (χ4n) is 2.36. The van der Waals surface area contributed by atoms with E-state index in [2.05, 4.69) is 15.3 Å². The predicted octanol–water partition coefficient (Wildman–Crippen LogP) is 3.58. The smallest absolute Gasteiger partial charge is 0.270 e. The summed E-state index contributed by atoms with van der Waals surface area (Å²) in [4.78, 5) is 11.2. The molecule has 1 aromatic carbocycles. The fraction of sp³-hybridized carbons (Fsp3) is 0.133. The van der Waals surface area contributed by atoms with Crippen molar-refractivity contribution in [1.82, 2.24) is 19.8 Å². The van der Waals surface area contributed by atoms with Crippen molar-refractivity contribution < 1.29 is 9.34 Å². The Hall–Kier alpha value is -3.07. The first-order chi connectivity index (χ1) is 11.7. The van der Waals surface area contributed by atoms with Crippen molar-refractivity contribution in [2.24, 2.45) is 0 Å². The van der Waals surface area contributed by atoms with E-state index in [1.54, 1.807) is 28.8 Å². The predicted molar refractivity (Wildman–Crippen MR) is 87.8 cm³/mol. The standard InChI is InChI=1S/C15H11N5O3S/c1-2-13-16-17-15-19(13)18-14(24-15)12-7-6-11(23-12)9-4-3-5-10(8-9)20(21)22/h3-8H,2H2,1H3. The molecular formula is C15H11N5O3S. The molecule has 0 atom stereocenters. The van der Waals surface area contributed by atoms with Crippen molar-refractivity contribution in [3.8, 4) is 22.1 Å². The van der Waals surface area contributed by atoms with Gasteiger partial charge in [0, 0.05) is 24.1 Å². The summed E-state index contributed by atoms with van der Waals surface area (Å²) in [5.41, 5.74) is 0.671. The molecule has 0 aliphatic carbocycles. The number of hydrogen-bond acceptors (Lipinski definition) is 7. The van der Waals surface area contributed by atoms with Gasteiger partial charge in [0.2, 0.25) is 4.96 Å². The van der Waals surface area contributed by atoms with Gasteiger partial charge in [-0.3, -0.25) is 10.1 Å². The van der Waals surface area contributed by atoms with E-state index in [1.165, 1.54) is 23.5 Å². The number of hydrogen-bond donors (Lipinski definition) is 0. The maximum Gasteiger partial charge on any atom is 0.270 e. The van der Waals surface area contributed by atoms with Gasteiger partial charge < -0.3 is 4.42 Å². The zero-order valence-corrected chi connectivity index (χ0v) is 13.4. The van der Waals surface area contributed by atoms with Crippen LogP contribution in [0.15, 0.2) is 40.8 Å². The summed E-state index contributed by atoms with van der Waals surface area (Å²) in [6.45, 7) is 1.99. The molecule has 0 bridgehead atoms. The number of aryl methyl sites for hydroxylation is 1. The number of rotatable bonds is 4. The van der Waals surface area contributed by atoms with E-state index in [-0.39, 0.29) is 5.69 Å². The average molecular weight is 341 g/mol. The minimum absolute atomic E-state index is 0.0248. The lowest BCUT2D eigenvalue weighted by Gasteiger charge is -1.97. The first-order valence-electron chi connectivity index (χ1n) is 7.22. The van der Waals surface area contributed by atoms with E-state index in [9.17, 15) is 10.1 Å². The van der Waals surface area contributed by atoms with Gasteiger partial charge in [0.05, 0.1) is 4.92 Å². The molecule has 0 amide bonds. The molecule has 0 radical (unpaired) electrons. The van der Waals surface area contributed by atoms with Crippen LogP contribution in [0, 0.1) is 10.1 Å². The van der Waals surface area contributed by atoms with E-state index in [1.807, 2.05) is 6.92 Å². The van der Waals surface area contributed by atoms with Crippen LogP contribution in [0.3, 0.4) is 0 Å². The molecule has 0 aliphatic rings. The van der Waals surface area contributed by atoms with E-state index in [0.717, 1.165) is 12.2 Å². The minimum atomic E-state index is -0.428. The van der Waals surface area contributed by atoms with Crippen LogP contribution in [0.2, 0.25) is 0 Å². The van der Waals surface area contributed by atoms with Crippen molar-refractivity contribution >= 4 is 22.0 Å². The third-order valence-electron chi connectivity index (χ3n) is 3.53. The Balaban J connectivity index is 1.72. The molecule has 0 aliphatic heterocycles. The van der Waals surface area contributed by atoms with Gasteiger partial charge in [0.15, 0.2) is 16.6 Å². The monoisotopic (exact) mass is 341 g/mol. The lowest BCUT2D eigenvalue weighted by Crippen LogP contribution is -1.92. The van der Waals surface area contributed by atoms with Gasteiger partial charge in [-0.05, 0) is 12.1 Å². The summed E-state index contributed by atoms with van der Waals surface area (Å²) in [6.07, 6.45) is 0.738. The van der Waals surface area contributed by atoms with Crippen molar-refractivity contribution in [1.29, 1.82) is 0 Å². The number of non-ortho nitro benzene ring substituents is 1. The summed E-state index contributed by atoms with van der Waals surface area (Å²) in [5.74, 6) is 1.93. The Morgan fingerprint density at radius 2 is 2.08 bits per heavy atom. The SMILES string of the molecule is CCc1nnc2sc(-c3ccc(-c4cccc([N+](=O)[O-])c4)o3)nn12. The Labute approximate surface area is 139 Å². The normalized spacial score (nSPS) is 11.2. The van der Waals surface area contributed by atoms with E-state index < -0.39 is 4.92 Å². The molecule has 3 aromatic heterocycles. The van der Waals surface area contributed by atoms with Crippen LogP contribution < -0.4 is 0 Å². The molecule has 3 heterocycles. The van der Waals surface area contributed by atoms with Crippen LogP contribution >= 0.6 is 11.3 Å². The molecule has 120 valence electrons. The Kier molecular flexibility index (Phi) is 3.35. The van der Waals surface area contributed by atoms with Crippen molar-refractivity contribution in [3.05, 3.63) is 52.3 Å². The quantitative estimate of drug-likeness (QED) is 0.415. The molecule has 0 N–H and O–H groups in total. The highest BCUT2D eigenvalue weighted by Gasteiger charge is 2.16. The maximum absolute atomic E-state index is 10.9. The lowest BCUT2D eigenvalue weighted by molar-refractivity contribution is -0.384. The minimum Gasteiger partial charge on any atom is -0.453 e. The zero-order chi connectivity index (χ0) is 16.7. The Bertz CT molecular complexity index is 1050. The Morgan fingerprint density at radius 3 is 2.88 bits per heavy atom. The first-order valence-corrected chi connectivity index (χ1v) is 8.03. The lowest BCUT2D eigenvalue weighted by atomic mass is 10.1. The van der Waals surface area contributed by atoms with E-state index >= 15 is 0 Å². The van der Waals surface area contributed by atoms with Gasteiger partial charge in [-0.1, -0.05) is 30.4 Å². The summed E-state index contributed by atoms with van der Waals surface area (Å²) in [7, 11) is 0. The second kappa shape index (κ2) is 5.53. The maximum atomic E-state index is 10.9. The highest BCUT2D eigenvalue weighted by atomic mass is 32.1. The molecular weight excluding hydrogens is 330 g/mol. The van der Waals surface area contributed by atoms with Gasteiger partial charge in [-0.15, -0.1) is 15.3 Å². The highest BCUT2D eigenvalue weighted by Crippen LogP contribution is 2.32. The molecule has 9 heteroatoms. The van der Waals surface area contributed by atoms with Crippen molar-refractivity contribution in [3.63, 3.8) is 0 Å². The number of nitro benzene ring substituents is 1. The topological polar surface area (TPSA) is 99.4 Å². The molecule has 0 unspecified atom stereocenters. The van der Waals surface area contributed by atoms with Crippen LogP contribution in [-0.4, -0.2) is 24.7 Å². The van der Waals surface area contributed by atoms with Gasteiger partial charge in [-0.25, -0.2) is 0 Å². The van der Waals surface area contributed by atoms with Crippen LogP contribution in [0.1, 0.15) is 12.7 Å². The van der Waals surface area contributed by atoms with Crippen LogP contribution in [0.25, 0.3) is 27.1 Å². The number of nitro groups is 1.